The fraction of sp³-hybridized carbons (Fsp3) is 0. The van der Waals surface area contributed by atoms with Crippen LogP contribution in [0.15, 0.2) is 186 Å². The SMILES string of the molecule is c1ccc(-c2nc(-c3cccc(-c4ccc5c(c4)nc(-c4ccccc4)c4ccc6sc7ccccc7c6c45)c3)nc(-c3cccc4c3oc3ccccc34)n2)cc1. The van der Waals surface area contributed by atoms with Crippen LogP contribution >= 0.6 is 11.3 Å². The molecule has 0 amide bonds. The van der Waals surface area contributed by atoms with Crippen molar-refractivity contribution in [2.75, 3.05) is 0 Å². The highest BCUT2D eigenvalue weighted by Crippen LogP contribution is 2.44. The zero-order valence-electron chi connectivity index (χ0n) is 30.9. The molecule has 0 saturated heterocycles. The first-order valence-corrected chi connectivity index (χ1v) is 20.1. The quantitative estimate of drug-likeness (QED) is 0.164. The average molecular weight is 759 g/mol. The Morgan fingerprint density at radius 2 is 1.00 bits per heavy atom. The Bertz CT molecular complexity index is 3570. The Kier molecular flexibility index (Phi) is 7.33. The maximum absolute atomic E-state index is 6.44. The van der Waals surface area contributed by atoms with Gasteiger partial charge in [0.1, 0.15) is 11.2 Å². The highest BCUT2D eigenvalue weighted by atomic mass is 32.1. The van der Waals surface area contributed by atoms with E-state index in [0.717, 1.165) is 77.3 Å². The van der Waals surface area contributed by atoms with Crippen LogP contribution in [0.1, 0.15) is 0 Å². The number of para-hydroxylation sites is 2. The van der Waals surface area contributed by atoms with E-state index < -0.39 is 0 Å². The minimum atomic E-state index is 0.557. The molecule has 0 unspecified atom stereocenters. The molecule has 0 saturated carbocycles. The van der Waals surface area contributed by atoms with E-state index in [1.165, 1.54) is 25.6 Å². The molecule has 0 N–H and O–H groups in total. The number of pyridine rings is 1. The first-order chi connectivity index (χ1) is 28.7. The lowest BCUT2D eigenvalue weighted by Gasteiger charge is -2.13. The number of aromatic nitrogens is 4. The van der Waals surface area contributed by atoms with Crippen LogP contribution in [0.4, 0.5) is 0 Å². The van der Waals surface area contributed by atoms with E-state index in [4.69, 9.17) is 24.4 Å². The van der Waals surface area contributed by atoms with Gasteiger partial charge in [0.25, 0.3) is 0 Å². The smallest absolute Gasteiger partial charge is 0.167 e. The van der Waals surface area contributed by atoms with Gasteiger partial charge in [0.05, 0.1) is 16.8 Å². The van der Waals surface area contributed by atoms with Crippen molar-refractivity contribution in [1.82, 2.24) is 19.9 Å². The van der Waals surface area contributed by atoms with Gasteiger partial charge in [-0.15, -0.1) is 11.3 Å². The Hall–Kier alpha value is -7.54. The molecule has 0 bridgehead atoms. The second kappa shape index (κ2) is 13.0. The molecule has 6 heteroatoms. The van der Waals surface area contributed by atoms with Gasteiger partial charge in [0.2, 0.25) is 0 Å². The summed E-state index contributed by atoms with van der Waals surface area (Å²) in [5.41, 5.74) is 9.34. The van der Waals surface area contributed by atoms with Gasteiger partial charge >= 0.3 is 0 Å². The number of benzene rings is 8. The van der Waals surface area contributed by atoms with Crippen LogP contribution < -0.4 is 0 Å². The van der Waals surface area contributed by atoms with E-state index in [1.807, 2.05) is 72.0 Å². The summed E-state index contributed by atoms with van der Waals surface area (Å²) >= 11 is 1.84. The largest absolute Gasteiger partial charge is 0.455 e. The fourth-order valence-corrected chi connectivity index (χ4v) is 9.52. The zero-order chi connectivity index (χ0) is 38.2. The molecule has 4 heterocycles. The number of hydrogen-bond donors (Lipinski definition) is 0. The van der Waals surface area contributed by atoms with Crippen molar-refractivity contribution in [2.24, 2.45) is 0 Å². The van der Waals surface area contributed by atoms with E-state index in [0.29, 0.717) is 17.5 Å². The van der Waals surface area contributed by atoms with Crippen molar-refractivity contribution in [1.29, 1.82) is 0 Å². The van der Waals surface area contributed by atoms with E-state index >= 15 is 0 Å². The molecule has 12 rings (SSSR count). The molecule has 270 valence electrons. The average Bonchev–Trinajstić information content (AvgIpc) is 3.88. The van der Waals surface area contributed by atoms with Crippen LogP contribution in [0.3, 0.4) is 0 Å². The molecule has 12 aromatic rings. The van der Waals surface area contributed by atoms with Crippen LogP contribution in [-0.4, -0.2) is 19.9 Å². The van der Waals surface area contributed by atoms with Crippen LogP contribution in [-0.2, 0) is 0 Å². The highest BCUT2D eigenvalue weighted by molar-refractivity contribution is 7.26. The number of thiophene rings is 1. The van der Waals surface area contributed by atoms with E-state index in [9.17, 15) is 0 Å². The highest BCUT2D eigenvalue weighted by Gasteiger charge is 2.20. The number of hydrogen-bond acceptors (Lipinski definition) is 6. The summed E-state index contributed by atoms with van der Waals surface area (Å²) < 4.78 is 9.00. The number of nitrogens with zero attached hydrogens (tertiary/aromatic N) is 4. The minimum Gasteiger partial charge on any atom is -0.455 e. The van der Waals surface area contributed by atoms with Gasteiger partial charge < -0.3 is 4.42 Å². The predicted molar refractivity (Wildman–Crippen MR) is 240 cm³/mol. The number of fused-ring (bicyclic) bond motifs is 10. The van der Waals surface area contributed by atoms with E-state index in [-0.39, 0.29) is 0 Å². The van der Waals surface area contributed by atoms with Crippen LogP contribution in [0.25, 0.3) is 120 Å². The topological polar surface area (TPSA) is 64.7 Å². The first kappa shape index (κ1) is 32.7. The standard InChI is InChI=1S/C52H30N4OS/c1-3-13-31(14-4-1)48-40-27-28-45-47(39-20-8-10-24-44(39)58-45)46(40)38-26-25-34(30-42(38)53-48)33-17-11-18-35(29-33)51-54-50(32-15-5-2-6-16-32)55-52(56-51)41-22-12-21-37-36-19-7-9-23-43(36)57-49(37)41/h1-30H. The Labute approximate surface area is 336 Å². The number of furan rings is 1. The normalized spacial score (nSPS) is 11.8. The summed E-state index contributed by atoms with van der Waals surface area (Å²) in [4.78, 5) is 20.7. The van der Waals surface area contributed by atoms with Crippen molar-refractivity contribution in [2.45, 2.75) is 0 Å². The Balaban J connectivity index is 1.04. The molecule has 0 aliphatic carbocycles. The monoisotopic (exact) mass is 758 g/mol. The molecular weight excluding hydrogens is 729 g/mol. The summed E-state index contributed by atoms with van der Waals surface area (Å²) in [6.45, 7) is 0. The summed E-state index contributed by atoms with van der Waals surface area (Å²) in [6, 6.07) is 63.2. The molecule has 0 atom stereocenters. The van der Waals surface area contributed by atoms with E-state index in [2.05, 4.69) is 121 Å². The molecule has 0 radical (unpaired) electrons. The van der Waals surface area contributed by atoms with Crippen molar-refractivity contribution in [3.63, 3.8) is 0 Å². The number of rotatable bonds is 5. The Morgan fingerprint density at radius 1 is 0.362 bits per heavy atom. The van der Waals surface area contributed by atoms with Gasteiger partial charge in [0, 0.05) is 63.8 Å². The van der Waals surface area contributed by atoms with Crippen LogP contribution in [0, 0.1) is 0 Å². The molecule has 4 aromatic heterocycles. The molecule has 58 heavy (non-hydrogen) atoms. The lowest BCUT2D eigenvalue weighted by molar-refractivity contribution is 0.669. The van der Waals surface area contributed by atoms with Crippen molar-refractivity contribution in [3.8, 4) is 56.5 Å². The summed E-state index contributed by atoms with van der Waals surface area (Å²) in [6.07, 6.45) is 0. The molecule has 0 spiro atoms. The van der Waals surface area contributed by atoms with Crippen LogP contribution in [0.2, 0.25) is 0 Å². The molecule has 0 aliphatic rings. The molecule has 8 aromatic carbocycles. The minimum absolute atomic E-state index is 0.557. The second-order valence-electron chi connectivity index (χ2n) is 14.6. The third-order valence-corrected chi connectivity index (χ3v) is 12.2. The third-order valence-electron chi connectivity index (χ3n) is 11.1. The summed E-state index contributed by atoms with van der Waals surface area (Å²) in [7, 11) is 0. The Morgan fingerprint density at radius 3 is 1.86 bits per heavy atom. The lowest BCUT2D eigenvalue weighted by Crippen LogP contribution is -2.00. The summed E-state index contributed by atoms with van der Waals surface area (Å²) in [5, 5.41) is 8.19. The maximum Gasteiger partial charge on any atom is 0.167 e. The molecular formula is C52H30N4OS. The predicted octanol–water partition coefficient (Wildman–Crippen LogP) is 14.2. The maximum atomic E-state index is 6.44. The third kappa shape index (κ3) is 5.23. The molecule has 0 aliphatic heterocycles. The van der Waals surface area contributed by atoms with Gasteiger partial charge in [-0.2, -0.15) is 0 Å². The second-order valence-corrected chi connectivity index (χ2v) is 15.6. The first-order valence-electron chi connectivity index (χ1n) is 19.3. The van der Waals surface area contributed by atoms with Gasteiger partial charge in [0.15, 0.2) is 17.5 Å². The van der Waals surface area contributed by atoms with Gasteiger partial charge in [-0.05, 0) is 47.5 Å². The lowest BCUT2D eigenvalue weighted by atomic mass is 9.94. The molecule has 0 fully saturated rings. The van der Waals surface area contributed by atoms with Crippen molar-refractivity contribution >= 4 is 75.1 Å². The summed E-state index contributed by atoms with van der Waals surface area (Å²) in [5.74, 6) is 1.74. The zero-order valence-corrected chi connectivity index (χ0v) is 31.7. The van der Waals surface area contributed by atoms with Gasteiger partial charge in [-0.1, -0.05) is 146 Å². The fourth-order valence-electron chi connectivity index (χ4n) is 8.41. The van der Waals surface area contributed by atoms with Crippen LogP contribution in [0.5, 0.6) is 0 Å². The van der Waals surface area contributed by atoms with Gasteiger partial charge in [-0.3, -0.25) is 0 Å². The van der Waals surface area contributed by atoms with Crippen molar-refractivity contribution in [3.05, 3.63) is 182 Å². The molecule has 5 nitrogen and oxygen atoms in total. The van der Waals surface area contributed by atoms with Crippen molar-refractivity contribution < 1.29 is 4.42 Å². The van der Waals surface area contributed by atoms with Gasteiger partial charge in [-0.25, -0.2) is 19.9 Å². The van der Waals surface area contributed by atoms with E-state index in [1.54, 1.807) is 0 Å².